The largest absolute Gasteiger partial charge is 0.393 e. The molecule has 21 atom stereocenters. The molecule has 27 saturated carbocycles. The fourth-order valence-corrected chi connectivity index (χ4v) is 36.1. The van der Waals surface area contributed by atoms with Crippen LogP contribution in [0.1, 0.15) is 389 Å². The Labute approximate surface area is 734 Å². The van der Waals surface area contributed by atoms with Gasteiger partial charge in [-0.1, -0.05) is 138 Å². The molecule has 18 bridgehead atoms. The molecule has 0 aromatic carbocycles. The van der Waals surface area contributed by atoms with Gasteiger partial charge in [0, 0.05) is 0 Å². The molecule has 10 N–H and O–H groups in total. The van der Waals surface area contributed by atoms with Gasteiger partial charge >= 0.3 is 0 Å². The number of aliphatic hydroxyl groups is 10. The van der Waals surface area contributed by atoms with Crippen LogP contribution in [0.4, 0.5) is 0 Å². The molecule has 0 saturated heterocycles. The Morgan fingerprint density at radius 3 is 0.500 bits per heavy atom. The molecule has 10 heteroatoms. The van der Waals surface area contributed by atoms with E-state index in [0.29, 0.717) is 109 Å². The minimum Gasteiger partial charge on any atom is -0.393 e. The van der Waals surface area contributed by atoms with E-state index < -0.39 is 0 Å². The maximum absolute atomic E-state index is 10.3. The van der Waals surface area contributed by atoms with E-state index in [9.17, 15) is 51.1 Å². The van der Waals surface area contributed by atoms with Crippen molar-refractivity contribution in [3.8, 4) is 0 Å². The van der Waals surface area contributed by atoms with Crippen LogP contribution in [-0.4, -0.2) is 112 Å². The summed E-state index contributed by atoms with van der Waals surface area (Å²) in [5.74, 6) is 27.4. The summed E-state index contributed by atoms with van der Waals surface area (Å²) in [4.78, 5) is 0. The highest BCUT2D eigenvalue weighted by Gasteiger charge is 2.79. The summed E-state index contributed by atoms with van der Waals surface area (Å²) < 4.78 is 0. The molecule has 27 aliphatic carbocycles. The van der Waals surface area contributed by atoms with Gasteiger partial charge in [0.05, 0.1) is 60.5 Å². The van der Waals surface area contributed by atoms with Crippen molar-refractivity contribution < 1.29 is 51.1 Å². The second-order valence-corrected chi connectivity index (χ2v) is 53.9. The lowest BCUT2D eigenvalue weighted by molar-refractivity contribution is -0.142. The van der Waals surface area contributed by atoms with E-state index in [2.05, 4.69) is 138 Å². The number of hydrogen-bond acceptors (Lipinski definition) is 10. The van der Waals surface area contributed by atoms with Crippen LogP contribution in [0, 0.1) is 239 Å². The molecule has 15 unspecified atom stereocenters. The Bertz CT molecular complexity index is 2860. The van der Waals surface area contributed by atoms with Gasteiger partial charge in [0.1, 0.15) is 0 Å². The maximum Gasteiger partial charge on any atom is 0.0648 e. The van der Waals surface area contributed by atoms with Gasteiger partial charge < -0.3 is 51.1 Å². The van der Waals surface area contributed by atoms with E-state index in [1.165, 1.54) is 212 Å². The predicted molar refractivity (Wildman–Crippen MR) is 487 cm³/mol. The molecule has 0 spiro atoms. The van der Waals surface area contributed by atoms with Crippen LogP contribution in [0.3, 0.4) is 0 Å². The Hall–Kier alpha value is -0.400. The fraction of sp³-hybridized carbons (Fsp3) is 1.00. The minimum atomic E-state index is -0.377. The number of fused-ring (bicyclic) bond motifs is 39. The first-order chi connectivity index (χ1) is 56.4. The monoisotopic (exact) mass is 1670 g/mol. The Kier molecular flexibility index (Phi) is 26.6. The zero-order chi connectivity index (χ0) is 86.3. The summed E-state index contributed by atoms with van der Waals surface area (Å²) in [5.41, 5.74) is 2.64. The van der Waals surface area contributed by atoms with Crippen molar-refractivity contribution in [3.05, 3.63) is 0 Å². The van der Waals surface area contributed by atoms with Crippen molar-refractivity contribution in [2.24, 2.45) is 239 Å². The van der Waals surface area contributed by atoms with Crippen LogP contribution in [0.25, 0.3) is 0 Å². The highest BCUT2D eigenvalue weighted by Crippen LogP contribution is 2.83. The van der Waals surface area contributed by atoms with Gasteiger partial charge in [0.15, 0.2) is 0 Å². The van der Waals surface area contributed by atoms with Crippen LogP contribution < -0.4 is 0 Å². The summed E-state index contributed by atoms with van der Waals surface area (Å²) in [6.45, 7) is 43.6. The molecule has 0 amide bonds. The van der Waals surface area contributed by atoms with Gasteiger partial charge in [-0.15, -0.1) is 0 Å². The molecule has 27 fully saturated rings. The zero-order valence-electron chi connectivity index (χ0n) is 80.8. The third-order valence-corrected chi connectivity index (χ3v) is 43.7. The Morgan fingerprint density at radius 1 is 0.200 bits per heavy atom. The third-order valence-electron chi connectivity index (χ3n) is 43.7. The normalized spacial score (nSPS) is 50.6. The van der Waals surface area contributed by atoms with Gasteiger partial charge in [-0.2, -0.15) is 0 Å². The molecule has 0 aromatic rings. The Balaban J connectivity index is 0.000000101. The van der Waals surface area contributed by atoms with E-state index in [1.807, 2.05) is 0 Å². The fourth-order valence-electron chi connectivity index (χ4n) is 36.1. The van der Waals surface area contributed by atoms with Crippen molar-refractivity contribution in [1.82, 2.24) is 0 Å². The summed E-state index contributed by atoms with van der Waals surface area (Å²) in [5, 5.41) is 102. The van der Waals surface area contributed by atoms with Crippen LogP contribution in [0.15, 0.2) is 0 Å². The lowest BCUT2D eigenvalue weighted by Crippen LogP contribution is -2.52. The van der Waals surface area contributed by atoms with Crippen LogP contribution >= 0.6 is 0 Å². The quantitative estimate of drug-likeness (QED) is 0.0629. The first-order valence-electron chi connectivity index (χ1n) is 53.3. The van der Waals surface area contributed by atoms with Gasteiger partial charge in [0.25, 0.3) is 0 Å². The van der Waals surface area contributed by atoms with Gasteiger partial charge in [-0.05, 0) is 489 Å². The lowest BCUT2D eigenvalue weighted by atomic mass is 9.52. The van der Waals surface area contributed by atoms with Crippen LogP contribution in [0.5, 0.6) is 0 Å². The lowest BCUT2D eigenvalue weighted by Gasteiger charge is -2.55. The molecule has 0 radical (unpaired) electrons. The molecular formula is C110H190O10. The van der Waals surface area contributed by atoms with Crippen molar-refractivity contribution in [1.29, 1.82) is 0 Å². The second kappa shape index (κ2) is 34.3. The summed E-state index contributed by atoms with van der Waals surface area (Å²) in [7, 11) is 0. The topological polar surface area (TPSA) is 202 Å². The van der Waals surface area contributed by atoms with E-state index in [4.69, 9.17) is 0 Å². The zero-order valence-corrected chi connectivity index (χ0v) is 80.8. The number of aliphatic hydroxyl groups excluding tert-OH is 9. The molecule has 690 valence electrons. The van der Waals surface area contributed by atoms with Crippen molar-refractivity contribution in [3.63, 3.8) is 0 Å². The van der Waals surface area contributed by atoms with E-state index in [0.717, 1.165) is 163 Å². The smallest absolute Gasteiger partial charge is 0.0648 e. The van der Waals surface area contributed by atoms with Crippen LogP contribution in [-0.2, 0) is 0 Å². The van der Waals surface area contributed by atoms with Crippen molar-refractivity contribution >= 4 is 0 Å². The van der Waals surface area contributed by atoms with Crippen molar-refractivity contribution in [2.75, 3.05) is 0 Å². The molecule has 0 aliphatic heterocycles. The van der Waals surface area contributed by atoms with Gasteiger partial charge in [-0.25, -0.2) is 0 Å². The average molecular weight is 1670 g/mol. The average Bonchev–Trinajstić information content (AvgIpc) is 1.50. The number of hydrogen-bond donors (Lipinski definition) is 10. The highest BCUT2D eigenvalue weighted by molar-refractivity contribution is 5.26. The number of rotatable bonds is 18. The minimum absolute atomic E-state index is 0.00519. The molecule has 10 nitrogen and oxygen atoms in total. The van der Waals surface area contributed by atoms with Crippen LogP contribution in [0.2, 0.25) is 0 Å². The first-order valence-corrected chi connectivity index (χ1v) is 53.3. The molecule has 27 aliphatic rings. The SMILES string of the molecule is CC(C)C(O)C12CCC(C)(CC1)CC2.CC(C)C(O)C12CCC(CC1)C2.CC(C)C(O)C1C2C3CC3C1C1CC12.CC(C)[C@@H](O)C12CCC(CC1)C2.CC(C)[C@@H](O)C12CCC(O)(CC1)CC2.CC(C)[C@@H](O)C1C2C3CC3C1C1CC12.CC(C)[C@H](O)C12CCC(C)(CC1)CC2.CC(C)[C@H](O)C12CCC(CC1)C2.CC(C)[C@H](O)C1C2C3CC3C1C1CC12. The second-order valence-electron chi connectivity index (χ2n) is 53.9. The molecule has 0 heterocycles. The Morgan fingerprint density at radius 2 is 0.358 bits per heavy atom. The molecule has 120 heavy (non-hydrogen) atoms. The highest BCUT2D eigenvalue weighted by atomic mass is 16.3. The molecular weight excluding hydrogens is 1480 g/mol. The standard InChI is InChI=1S/3C13H20O.2C13H24O.C12H22O2.3C11H20O/c3*1-5(2)13(14)12-10-6-3-7(6)11(12)9-4-8(9)10;2*1-10(2)11(14)13-7-4-12(3,5-8-13)6-9-13;1-9(2)10(13)11-3-6-12(14,7-4-11)8-5-11;3*1-8(2)10(12)11-5-3-9(7-11)4-6-11/h3*5-14H,3-4H2,1-2H3;2*10-11,14H,4-9H2,1-3H3;9-10,13-14H,3-8H2,1-2H3;3*8-10,12H,3-7H2,1-2H3/t2*6?,7?,8?,9?,10?,11?,12?,13-;;11-,12?,13?;;10-,11?,12?;2*9?,10-,11?;/m10.0.110./s1. The summed E-state index contributed by atoms with van der Waals surface area (Å²) in [6, 6.07) is 0. The van der Waals surface area contributed by atoms with Gasteiger partial charge in [0.2, 0.25) is 0 Å². The summed E-state index contributed by atoms with van der Waals surface area (Å²) >= 11 is 0. The molecule has 0 aromatic heterocycles. The van der Waals surface area contributed by atoms with E-state index >= 15 is 0 Å². The first kappa shape index (κ1) is 92.9. The third kappa shape index (κ3) is 17.1. The van der Waals surface area contributed by atoms with E-state index in [-0.39, 0.29) is 66.0 Å². The van der Waals surface area contributed by atoms with E-state index in [1.54, 1.807) is 0 Å². The van der Waals surface area contributed by atoms with Gasteiger partial charge in [-0.3, -0.25) is 0 Å². The van der Waals surface area contributed by atoms with Crippen molar-refractivity contribution in [2.45, 2.75) is 449 Å². The molecule has 27 rings (SSSR count). The maximum atomic E-state index is 10.3. The summed E-state index contributed by atoms with van der Waals surface area (Å²) in [6.07, 6.45) is 50.1. The predicted octanol–water partition coefficient (Wildman–Crippen LogP) is 23.0.